The average Bonchev–Trinajstić information content (AvgIpc) is 2.99. The Morgan fingerprint density at radius 1 is 1.09 bits per heavy atom. The molecule has 32 heavy (non-hydrogen) atoms. The van der Waals surface area contributed by atoms with E-state index in [0.29, 0.717) is 21.7 Å². The molecule has 1 aromatic carbocycles. The fourth-order valence-corrected chi connectivity index (χ4v) is 6.97. The smallest absolute Gasteiger partial charge is 0.418 e. The van der Waals surface area contributed by atoms with Gasteiger partial charge in [-0.3, -0.25) is 0 Å². The monoisotopic (exact) mass is 566 g/mol. The summed E-state index contributed by atoms with van der Waals surface area (Å²) >= 11 is 2.50. The van der Waals surface area contributed by atoms with Gasteiger partial charge in [-0.2, -0.15) is 13.2 Å². The number of benzene rings is 1. The highest BCUT2D eigenvalue weighted by Gasteiger charge is 2.58. The summed E-state index contributed by atoms with van der Waals surface area (Å²) in [5, 5.41) is 10.7. The van der Waals surface area contributed by atoms with Crippen LogP contribution in [-0.2, 0) is 11.8 Å². The number of rotatable bonds is 1. The van der Waals surface area contributed by atoms with Gasteiger partial charge in [0.25, 0.3) is 5.79 Å². The second-order valence-corrected chi connectivity index (χ2v) is 13.3. The molecule has 4 rings (SSSR count). The molecule has 0 aromatic heterocycles. The highest BCUT2D eigenvalue weighted by molar-refractivity contribution is 14.1. The van der Waals surface area contributed by atoms with Crippen molar-refractivity contribution in [3.63, 3.8) is 0 Å². The highest BCUT2D eigenvalue weighted by Crippen LogP contribution is 2.63. The molecule has 1 fully saturated rings. The molecule has 1 N–H and O–H groups in total. The fourth-order valence-electron chi connectivity index (χ4n) is 6.23. The zero-order chi connectivity index (χ0) is 24.1. The van der Waals surface area contributed by atoms with E-state index < -0.39 is 28.9 Å². The summed E-state index contributed by atoms with van der Waals surface area (Å²) in [6.45, 7) is 14.1. The van der Waals surface area contributed by atoms with Gasteiger partial charge >= 0.3 is 6.18 Å². The number of hydrogen-bond acceptors (Lipinski definition) is 3. The second-order valence-electron chi connectivity index (χ2n) is 11.8. The molecule has 1 saturated carbocycles. The van der Waals surface area contributed by atoms with Crippen LogP contribution in [0.4, 0.5) is 13.2 Å². The number of aliphatic hydroxyl groups is 1. The molecule has 180 valence electrons. The van der Waals surface area contributed by atoms with Gasteiger partial charge in [0.15, 0.2) is 17.6 Å². The Hall–Kier alpha value is -0.700. The van der Waals surface area contributed by atoms with Crippen LogP contribution in [0.1, 0.15) is 90.5 Å². The van der Waals surface area contributed by atoms with Crippen LogP contribution < -0.4 is 9.47 Å². The lowest BCUT2D eigenvalue weighted by atomic mass is 9.49. The molecule has 1 aromatic rings. The first-order valence-corrected chi connectivity index (χ1v) is 12.6. The summed E-state index contributed by atoms with van der Waals surface area (Å²) in [6.07, 6.45) is -4.12. The first-order chi connectivity index (χ1) is 14.4. The van der Waals surface area contributed by atoms with Crippen LogP contribution >= 0.6 is 22.6 Å². The number of halogens is 4. The SMILES string of the molecule is CC12CCC(I)C(C)(C)C1CCc1cc3c(c(C(O)C(F)(F)F)c12)OC(C)(C(C)(C)C)O3. The molecule has 0 radical (unpaired) electrons. The maximum absolute atomic E-state index is 14.0. The van der Waals surface area contributed by atoms with Crippen molar-refractivity contribution in [1.82, 2.24) is 0 Å². The number of hydrogen-bond donors (Lipinski definition) is 1. The van der Waals surface area contributed by atoms with E-state index in [-0.39, 0.29) is 22.6 Å². The molecule has 1 heterocycles. The third-order valence-electron chi connectivity index (χ3n) is 8.58. The van der Waals surface area contributed by atoms with Gasteiger partial charge in [0, 0.05) is 21.8 Å². The van der Waals surface area contributed by atoms with E-state index in [0.717, 1.165) is 24.8 Å². The number of aliphatic hydroxyl groups excluding tert-OH is 1. The zero-order valence-corrected chi connectivity index (χ0v) is 22.1. The lowest BCUT2D eigenvalue weighted by Gasteiger charge is -2.57. The minimum Gasteiger partial charge on any atom is -0.448 e. The van der Waals surface area contributed by atoms with E-state index in [9.17, 15) is 18.3 Å². The summed E-state index contributed by atoms with van der Waals surface area (Å²) < 4.78 is 54.8. The molecular formula is C25H34F3IO3. The molecule has 0 spiro atoms. The number of fused-ring (bicyclic) bond motifs is 4. The van der Waals surface area contributed by atoms with Gasteiger partial charge in [-0.1, -0.05) is 64.1 Å². The molecule has 0 bridgehead atoms. The topological polar surface area (TPSA) is 38.7 Å². The van der Waals surface area contributed by atoms with E-state index in [2.05, 4.69) is 43.4 Å². The van der Waals surface area contributed by atoms with Gasteiger partial charge in [-0.25, -0.2) is 0 Å². The molecule has 5 atom stereocenters. The average molecular weight is 566 g/mol. The van der Waals surface area contributed by atoms with Crippen molar-refractivity contribution in [3.05, 3.63) is 22.8 Å². The maximum Gasteiger partial charge on any atom is 0.418 e. The van der Waals surface area contributed by atoms with Gasteiger partial charge in [-0.15, -0.1) is 0 Å². The van der Waals surface area contributed by atoms with Crippen molar-refractivity contribution in [1.29, 1.82) is 0 Å². The van der Waals surface area contributed by atoms with Gasteiger partial charge < -0.3 is 14.6 Å². The summed E-state index contributed by atoms with van der Waals surface area (Å²) in [7, 11) is 0. The Bertz CT molecular complexity index is 936. The minimum atomic E-state index is -4.80. The van der Waals surface area contributed by atoms with Gasteiger partial charge in [0.1, 0.15) is 0 Å². The predicted molar refractivity (Wildman–Crippen MR) is 127 cm³/mol. The minimum absolute atomic E-state index is 0.0258. The van der Waals surface area contributed by atoms with Crippen LogP contribution in [0, 0.1) is 16.7 Å². The standard InChI is InChI=1S/C25H34F3IO3/c1-21(2,3)24(7)31-14-12-13-8-9-15-22(4,5)16(29)10-11-23(15,6)18(13)17(19(14)32-24)20(30)25(26,27)28/h12,15-16,20,30H,8-11H2,1-7H3. The summed E-state index contributed by atoms with van der Waals surface area (Å²) in [5.74, 6) is -0.545. The summed E-state index contributed by atoms with van der Waals surface area (Å²) in [5.41, 5.74) is 0.371. The highest BCUT2D eigenvalue weighted by atomic mass is 127. The number of ether oxygens (including phenoxy) is 2. The third-order valence-corrected chi connectivity index (χ3v) is 10.8. The van der Waals surface area contributed by atoms with Crippen LogP contribution in [0.25, 0.3) is 0 Å². The van der Waals surface area contributed by atoms with Crippen molar-refractivity contribution in [2.24, 2.45) is 16.7 Å². The lowest BCUT2D eigenvalue weighted by molar-refractivity contribution is -0.208. The van der Waals surface area contributed by atoms with E-state index in [4.69, 9.17) is 9.47 Å². The molecule has 5 unspecified atom stereocenters. The van der Waals surface area contributed by atoms with Gasteiger partial charge in [0.05, 0.1) is 0 Å². The first kappa shape index (κ1) is 24.4. The lowest BCUT2D eigenvalue weighted by Crippen LogP contribution is -2.53. The Morgan fingerprint density at radius 2 is 1.72 bits per heavy atom. The molecular weight excluding hydrogens is 532 g/mol. The normalized spacial score (nSPS) is 34.6. The first-order valence-electron chi connectivity index (χ1n) is 11.4. The Kier molecular flexibility index (Phi) is 5.46. The van der Waals surface area contributed by atoms with Crippen LogP contribution in [-0.4, -0.2) is 21.0 Å². The van der Waals surface area contributed by atoms with Crippen molar-refractivity contribution >= 4 is 22.6 Å². The van der Waals surface area contributed by atoms with Crippen LogP contribution in [0.2, 0.25) is 0 Å². The number of aryl methyl sites for hydroxylation is 1. The second kappa shape index (κ2) is 7.15. The van der Waals surface area contributed by atoms with E-state index in [1.54, 1.807) is 6.92 Å². The molecule has 1 aliphatic heterocycles. The Labute approximate surface area is 202 Å². The Morgan fingerprint density at radius 3 is 2.28 bits per heavy atom. The maximum atomic E-state index is 14.0. The fraction of sp³-hybridized carbons (Fsp3) is 0.760. The Balaban J connectivity index is 1.98. The van der Waals surface area contributed by atoms with Crippen molar-refractivity contribution in [2.45, 2.75) is 102 Å². The van der Waals surface area contributed by atoms with Crippen LogP contribution in [0.5, 0.6) is 11.5 Å². The van der Waals surface area contributed by atoms with E-state index >= 15 is 0 Å². The zero-order valence-electron chi connectivity index (χ0n) is 19.9. The van der Waals surface area contributed by atoms with Gasteiger partial charge in [-0.05, 0) is 59.6 Å². The largest absolute Gasteiger partial charge is 0.448 e. The summed E-state index contributed by atoms with van der Waals surface area (Å²) in [4.78, 5) is 0. The van der Waals surface area contributed by atoms with Crippen LogP contribution in [0.3, 0.4) is 0 Å². The van der Waals surface area contributed by atoms with E-state index in [1.165, 1.54) is 0 Å². The van der Waals surface area contributed by atoms with E-state index in [1.807, 2.05) is 26.8 Å². The van der Waals surface area contributed by atoms with Crippen LogP contribution in [0.15, 0.2) is 6.07 Å². The molecule has 3 nitrogen and oxygen atoms in total. The molecule has 7 heteroatoms. The molecule has 0 amide bonds. The summed E-state index contributed by atoms with van der Waals surface area (Å²) in [6, 6.07) is 1.87. The third kappa shape index (κ3) is 3.38. The molecule has 0 saturated heterocycles. The van der Waals surface area contributed by atoms with Crippen molar-refractivity contribution in [2.75, 3.05) is 0 Å². The molecule has 2 aliphatic carbocycles. The van der Waals surface area contributed by atoms with Gasteiger partial charge in [0.2, 0.25) is 0 Å². The van der Waals surface area contributed by atoms with Crippen molar-refractivity contribution in [3.8, 4) is 11.5 Å². The van der Waals surface area contributed by atoms with Crippen molar-refractivity contribution < 1.29 is 27.8 Å². The quantitative estimate of drug-likeness (QED) is 0.287. The number of alkyl halides is 4. The molecule has 3 aliphatic rings. The predicted octanol–water partition coefficient (Wildman–Crippen LogP) is 7.26.